The Bertz CT molecular complexity index is 899. The highest BCUT2D eigenvalue weighted by atomic mass is 32.2. The summed E-state index contributed by atoms with van der Waals surface area (Å²) in [6.45, 7) is 3.72. The highest BCUT2D eigenvalue weighted by Gasteiger charge is 2.12. The number of para-hydroxylation sites is 1. The number of carbonyl (C=O) groups is 1. The van der Waals surface area contributed by atoms with Gasteiger partial charge >= 0.3 is 0 Å². The standard InChI is InChI=1S/C19H18FN3OS/c1-12(14-7-9-15(20)10-8-14)21-18(24)11-25-19-16-5-3-4-6-17(16)22-13(2)23-19/h3-10,12H,11H2,1-2H3,(H,21,24). The number of benzene rings is 2. The zero-order valence-corrected chi connectivity index (χ0v) is 14.8. The second kappa shape index (κ2) is 7.61. The van der Waals surface area contributed by atoms with Crippen molar-refractivity contribution in [3.8, 4) is 0 Å². The van der Waals surface area contributed by atoms with Crippen LogP contribution >= 0.6 is 11.8 Å². The van der Waals surface area contributed by atoms with Gasteiger partial charge in [-0.1, -0.05) is 42.1 Å². The summed E-state index contributed by atoms with van der Waals surface area (Å²) < 4.78 is 13.0. The number of nitrogens with zero attached hydrogens (tertiary/aromatic N) is 2. The number of aromatic nitrogens is 2. The number of hydrogen-bond acceptors (Lipinski definition) is 4. The van der Waals surface area contributed by atoms with Crippen LogP contribution < -0.4 is 5.32 Å². The molecule has 0 saturated heterocycles. The molecule has 0 spiro atoms. The Morgan fingerprint density at radius 3 is 2.64 bits per heavy atom. The summed E-state index contributed by atoms with van der Waals surface area (Å²) in [5.41, 5.74) is 1.74. The molecule has 1 atom stereocenters. The number of nitrogens with one attached hydrogen (secondary N) is 1. The maximum Gasteiger partial charge on any atom is 0.230 e. The van der Waals surface area contributed by atoms with Crippen LogP contribution in [0, 0.1) is 12.7 Å². The van der Waals surface area contributed by atoms with Crippen LogP contribution in [-0.2, 0) is 4.79 Å². The lowest BCUT2D eigenvalue weighted by Gasteiger charge is -2.14. The van der Waals surface area contributed by atoms with E-state index in [-0.39, 0.29) is 23.5 Å². The van der Waals surface area contributed by atoms with Crippen LogP contribution in [0.1, 0.15) is 24.4 Å². The third-order valence-corrected chi connectivity index (χ3v) is 4.76. The number of thioether (sulfide) groups is 1. The topological polar surface area (TPSA) is 54.9 Å². The number of halogens is 1. The summed E-state index contributed by atoms with van der Waals surface area (Å²) >= 11 is 1.39. The summed E-state index contributed by atoms with van der Waals surface area (Å²) in [5, 5.41) is 4.66. The molecule has 3 rings (SSSR count). The molecule has 3 aromatic rings. The third-order valence-electron chi connectivity index (χ3n) is 3.77. The van der Waals surface area contributed by atoms with Crippen LogP contribution in [0.5, 0.6) is 0 Å². The molecule has 1 amide bonds. The van der Waals surface area contributed by atoms with Crippen molar-refractivity contribution in [2.75, 3.05) is 5.75 Å². The molecule has 4 nitrogen and oxygen atoms in total. The number of amides is 1. The fourth-order valence-corrected chi connectivity index (χ4v) is 3.40. The Morgan fingerprint density at radius 2 is 1.88 bits per heavy atom. The summed E-state index contributed by atoms with van der Waals surface area (Å²) in [7, 11) is 0. The van der Waals surface area contributed by atoms with Gasteiger partial charge in [0.25, 0.3) is 0 Å². The van der Waals surface area contributed by atoms with Gasteiger partial charge in [-0.2, -0.15) is 0 Å². The first-order chi connectivity index (χ1) is 12.0. The molecule has 0 fully saturated rings. The molecule has 0 radical (unpaired) electrons. The highest BCUT2D eigenvalue weighted by molar-refractivity contribution is 8.00. The van der Waals surface area contributed by atoms with Gasteiger partial charge in [0.2, 0.25) is 5.91 Å². The van der Waals surface area contributed by atoms with Gasteiger partial charge in [-0.3, -0.25) is 4.79 Å². The molecule has 128 valence electrons. The molecule has 1 aromatic heterocycles. The molecule has 6 heteroatoms. The predicted octanol–water partition coefficient (Wildman–Crippen LogP) is 4.05. The Morgan fingerprint density at radius 1 is 1.16 bits per heavy atom. The molecule has 25 heavy (non-hydrogen) atoms. The van der Waals surface area contributed by atoms with E-state index in [4.69, 9.17) is 0 Å². The zero-order valence-electron chi connectivity index (χ0n) is 14.0. The molecule has 0 aliphatic carbocycles. The molecule has 0 saturated carbocycles. The SMILES string of the molecule is Cc1nc(SCC(=O)NC(C)c2ccc(F)cc2)c2ccccc2n1. The van der Waals surface area contributed by atoms with Crippen LogP contribution in [0.25, 0.3) is 10.9 Å². The Balaban J connectivity index is 1.65. The lowest BCUT2D eigenvalue weighted by Crippen LogP contribution is -2.28. The van der Waals surface area contributed by atoms with Crippen LogP contribution in [-0.4, -0.2) is 21.6 Å². The second-order valence-electron chi connectivity index (χ2n) is 5.72. The fraction of sp³-hybridized carbons (Fsp3) is 0.211. The van der Waals surface area contributed by atoms with Crippen LogP contribution in [0.15, 0.2) is 53.6 Å². The Hall–Kier alpha value is -2.47. The highest BCUT2D eigenvalue weighted by Crippen LogP contribution is 2.25. The van der Waals surface area contributed by atoms with Crippen molar-refractivity contribution in [2.24, 2.45) is 0 Å². The van der Waals surface area contributed by atoms with Crippen molar-refractivity contribution >= 4 is 28.6 Å². The number of carbonyl (C=O) groups excluding carboxylic acids is 1. The maximum absolute atomic E-state index is 13.0. The molecule has 1 N–H and O–H groups in total. The summed E-state index contributed by atoms with van der Waals surface area (Å²) in [6, 6.07) is 13.7. The van der Waals surface area contributed by atoms with Crippen molar-refractivity contribution in [1.82, 2.24) is 15.3 Å². The molecule has 0 bridgehead atoms. The molecular formula is C19H18FN3OS. The predicted molar refractivity (Wildman–Crippen MR) is 98.0 cm³/mol. The van der Waals surface area contributed by atoms with Gasteiger partial charge in [0.05, 0.1) is 17.3 Å². The van der Waals surface area contributed by atoms with E-state index in [9.17, 15) is 9.18 Å². The first kappa shape index (κ1) is 17.4. The van der Waals surface area contributed by atoms with E-state index < -0.39 is 0 Å². The van der Waals surface area contributed by atoms with Crippen molar-refractivity contribution in [1.29, 1.82) is 0 Å². The number of fused-ring (bicyclic) bond motifs is 1. The van der Waals surface area contributed by atoms with E-state index in [0.717, 1.165) is 21.5 Å². The van der Waals surface area contributed by atoms with Gasteiger partial charge in [0.15, 0.2) is 0 Å². The van der Waals surface area contributed by atoms with E-state index in [1.165, 1.54) is 23.9 Å². The lowest BCUT2D eigenvalue weighted by molar-refractivity contribution is -0.119. The molecule has 1 heterocycles. The normalized spacial score (nSPS) is 12.1. The Labute approximate surface area is 149 Å². The number of hydrogen-bond donors (Lipinski definition) is 1. The maximum atomic E-state index is 13.0. The minimum absolute atomic E-state index is 0.0952. The van der Waals surface area contributed by atoms with Crippen LogP contribution in [0.4, 0.5) is 4.39 Å². The summed E-state index contributed by atoms with van der Waals surface area (Å²) in [6.07, 6.45) is 0. The fourth-order valence-electron chi connectivity index (χ4n) is 2.52. The molecule has 2 aromatic carbocycles. The quantitative estimate of drug-likeness (QED) is 0.554. The van der Waals surface area contributed by atoms with Gasteiger partial charge in [-0.25, -0.2) is 14.4 Å². The van der Waals surface area contributed by atoms with Gasteiger partial charge in [0, 0.05) is 5.39 Å². The minimum atomic E-state index is -0.288. The summed E-state index contributed by atoms with van der Waals surface area (Å²) in [5.74, 6) is 0.554. The van der Waals surface area contributed by atoms with E-state index in [1.54, 1.807) is 12.1 Å². The van der Waals surface area contributed by atoms with Crippen molar-refractivity contribution in [3.63, 3.8) is 0 Å². The first-order valence-electron chi connectivity index (χ1n) is 7.94. The van der Waals surface area contributed by atoms with Gasteiger partial charge in [0.1, 0.15) is 16.7 Å². The smallest absolute Gasteiger partial charge is 0.230 e. The average molecular weight is 355 g/mol. The second-order valence-corrected chi connectivity index (χ2v) is 6.69. The molecule has 0 aliphatic heterocycles. The van der Waals surface area contributed by atoms with E-state index >= 15 is 0 Å². The largest absolute Gasteiger partial charge is 0.349 e. The molecular weight excluding hydrogens is 337 g/mol. The lowest BCUT2D eigenvalue weighted by atomic mass is 10.1. The van der Waals surface area contributed by atoms with Crippen molar-refractivity contribution < 1.29 is 9.18 Å². The first-order valence-corrected chi connectivity index (χ1v) is 8.92. The summed E-state index contributed by atoms with van der Waals surface area (Å²) in [4.78, 5) is 21.1. The van der Waals surface area contributed by atoms with Gasteiger partial charge < -0.3 is 5.32 Å². The zero-order chi connectivity index (χ0) is 17.8. The van der Waals surface area contributed by atoms with Crippen LogP contribution in [0.2, 0.25) is 0 Å². The minimum Gasteiger partial charge on any atom is -0.349 e. The molecule has 0 aliphatic rings. The van der Waals surface area contributed by atoms with E-state index in [0.29, 0.717) is 5.82 Å². The average Bonchev–Trinajstić information content (AvgIpc) is 2.60. The van der Waals surface area contributed by atoms with Gasteiger partial charge in [-0.15, -0.1) is 0 Å². The van der Waals surface area contributed by atoms with Gasteiger partial charge in [-0.05, 0) is 37.6 Å². The van der Waals surface area contributed by atoms with Crippen LogP contribution in [0.3, 0.4) is 0 Å². The van der Waals surface area contributed by atoms with Crippen molar-refractivity contribution in [3.05, 3.63) is 65.7 Å². The Kier molecular flexibility index (Phi) is 5.28. The number of rotatable bonds is 5. The monoisotopic (exact) mass is 355 g/mol. The van der Waals surface area contributed by atoms with E-state index in [1.807, 2.05) is 38.1 Å². The molecule has 1 unspecified atom stereocenters. The number of aryl methyl sites for hydroxylation is 1. The third kappa shape index (κ3) is 4.33. The van der Waals surface area contributed by atoms with E-state index in [2.05, 4.69) is 15.3 Å². The van der Waals surface area contributed by atoms with Crippen molar-refractivity contribution in [2.45, 2.75) is 24.9 Å².